The summed E-state index contributed by atoms with van der Waals surface area (Å²) in [5.74, 6) is -0.724. The van der Waals surface area contributed by atoms with Crippen molar-refractivity contribution >= 4 is 15.9 Å². The van der Waals surface area contributed by atoms with E-state index in [1.54, 1.807) is 0 Å². The van der Waals surface area contributed by atoms with Crippen LogP contribution in [0, 0.1) is 0 Å². The van der Waals surface area contributed by atoms with Crippen LogP contribution in [-0.4, -0.2) is 58.8 Å². The lowest BCUT2D eigenvalue weighted by Gasteiger charge is -2.11. The number of sulfonamides is 1. The average Bonchev–Trinajstić information content (AvgIpc) is 2.51. The molecule has 0 unspecified atom stereocenters. The zero-order valence-corrected chi connectivity index (χ0v) is 13.1. The van der Waals surface area contributed by atoms with E-state index in [9.17, 15) is 27.1 Å². The summed E-state index contributed by atoms with van der Waals surface area (Å²) in [6, 6.07) is 4.76. The fourth-order valence-electron chi connectivity index (χ4n) is 1.60. The molecule has 0 saturated carbocycles. The van der Waals surface area contributed by atoms with Crippen LogP contribution in [0.15, 0.2) is 29.2 Å². The maximum Gasteiger partial charge on any atom is 0.255 e. The zero-order valence-electron chi connectivity index (χ0n) is 12.3. The number of ether oxygens (including phenoxy) is 1. The molecular formula is C13H18F2N2O5S. The third-order valence-corrected chi connectivity index (χ3v) is 4.15. The fourth-order valence-corrected chi connectivity index (χ4v) is 2.67. The first-order valence-electron chi connectivity index (χ1n) is 6.59. The minimum atomic E-state index is -3.86. The van der Waals surface area contributed by atoms with Crippen molar-refractivity contribution in [3.8, 4) is 0 Å². The summed E-state index contributed by atoms with van der Waals surface area (Å²) in [4.78, 5) is 11.4. The number of rotatable bonds is 9. The van der Waals surface area contributed by atoms with Crippen LogP contribution < -0.4 is 10.0 Å². The van der Waals surface area contributed by atoms with E-state index < -0.39 is 35.0 Å². The van der Waals surface area contributed by atoms with Gasteiger partial charge in [-0.1, -0.05) is 0 Å². The number of methoxy groups -OCH3 is 1. The van der Waals surface area contributed by atoms with Gasteiger partial charge in [0.05, 0.1) is 24.2 Å². The third kappa shape index (κ3) is 6.57. The third-order valence-electron chi connectivity index (χ3n) is 2.71. The van der Waals surface area contributed by atoms with E-state index in [0.29, 0.717) is 0 Å². The Balaban J connectivity index is 2.69. The molecule has 1 aromatic carbocycles. The van der Waals surface area contributed by atoms with Crippen molar-refractivity contribution in [2.75, 3.05) is 26.8 Å². The topological polar surface area (TPSA) is 105 Å². The van der Waals surface area contributed by atoms with Crippen LogP contribution >= 0.6 is 0 Å². The molecule has 1 amide bonds. The number of aliphatic hydroxyl groups is 1. The highest BCUT2D eigenvalue weighted by atomic mass is 32.2. The first-order chi connectivity index (χ1) is 10.8. The number of carbonyl (C=O) groups is 1. The number of halogens is 2. The molecule has 3 N–H and O–H groups in total. The standard InChI is InChI=1S/C13H18F2N2O5S/c1-22-8-10(18)6-17-23(20,21)11-4-2-9(3-5-11)13(19)16-7-12(14)15/h2-5,10,12,17-18H,6-8H2,1H3,(H,16,19)/t10-/m1/s1. The number of amides is 1. The molecule has 130 valence electrons. The minimum absolute atomic E-state index is 0.0221. The molecule has 1 atom stereocenters. The summed E-state index contributed by atoms with van der Waals surface area (Å²) in [5, 5.41) is 11.4. The van der Waals surface area contributed by atoms with Crippen LogP contribution in [0.3, 0.4) is 0 Å². The quantitative estimate of drug-likeness (QED) is 0.579. The van der Waals surface area contributed by atoms with E-state index in [-0.39, 0.29) is 23.6 Å². The first-order valence-corrected chi connectivity index (χ1v) is 8.07. The van der Waals surface area contributed by atoms with E-state index in [0.717, 1.165) is 0 Å². The zero-order chi connectivity index (χ0) is 17.5. The second-order valence-electron chi connectivity index (χ2n) is 4.59. The summed E-state index contributed by atoms with van der Waals surface area (Å²) in [5.41, 5.74) is 0.0593. The Morgan fingerprint density at radius 2 is 1.87 bits per heavy atom. The Morgan fingerprint density at radius 1 is 1.26 bits per heavy atom. The van der Waals surface area contributed by atoms with Gasteiger partial charge in [0.15, 0.2) is 0 Å². The van der Waals surface area contributed by atoms with Crippen LogP contribution in [0.5, 0.6) is 0 Å². The number of carbonyl (C=O) groups excluding carboxylic acids is 1. The molecule has 0 saturated heterocycles. The molecule has 23 heavy (non-hydrogen) atoms. The Morgan fingerprint density at radius 3 is 2.39 bits per heavy atom. The number of alkyl halides is 2. The van der Waals surface area contributed by atoms with Gasteiger partial charge in [-0.2, -0.15) is 0 Å². The van der Waals surface area contributed by atoms with Crippen molar-refractivity contribution in [3.05, 3.63) is 29.8 Å². The Hall–Kier alpha value is -1.62. The molecular weight excluding hydrogens is 334 g/mol. The van der Waals surface area contributed by atoms with E-state index in [4.69, 9.17) is 0 Å². The highest BCUT2D eigenvalue weighted by molar-refractivity contribution is 7.89. The summed E-state index contributed by atoms with van der Waals surface area (Å²) in [7, 11) is -2.49. The van der Waals surface area contributed by atoms with Crippen molar-refractivity contribution in [1.82, 2.24) is 10.0 Å². The van der Waals surface area contributed by atoms with Gasteiger partial charge in [0.25, 0.3) is 12.3 Å². The second kappa shape index (κ2) is 8.87. The van der Waals surface area contributed by atoms with Crippen molar-refractivity contribution in [3.63, 3.8) is 0 Å². The molecule has 0 aliphatic carbocycles. The Labute approximate surface area is 132 Å². The SMILES string of the molecule is COC[C@H](O)CNS(=O)(=O)c1ccc(C(=O)NCC(F)F)cc1. The maximum absolute atomic E-state index is 12.0. The van der Waals surface area contributed by atoms with Gasteiger partial charge >= 0.3 is 0 Å². The molecule has 0 aromatic heterocycles. The molecule has 0 spiro atoms. The minimum Gasteiger partial charge on any atom is -0.389 e. The van der Waals surface area contributed by atoms with Gasteiger partial charge in [0.1, 0.15) is 0 Å². The summed E-state index contributed by atoms with van der Waals surface area (Å²) >= 11 is 0. The van der Waals surface area contributed by atoms with E-state index in [2.05, 4.69) is 9.46 Å². The van der Waals surface area contributed by atoms with Gasteiger partial charge in [-0.15, -0.1) is 0 Å². The predicted molar refractivity (Wildman–Crippen MR) is 77.9 cm³/mol. The fraction of sp³-hybridized carbons (Fsp3) is 0.462. The summed E-state index contributed by atoms with van der Waals surface area (Å²) in [6.07, 6.45) is -3.66. The number of nitrogens with one attached hydrogen (secondary N) is 2. The molecule has 7 nitrogen and oxygen atoms in total. The predicted octanol–water partition coefficient (Wildman–Crippen LogP) is -0.0329. The van der Waals surface area contributed by atoms with Gasteiger partial charge in [-0.25, -0.2) is 21.9 Å². The smallest absolute Gasteiger partial charge is 0.255 e. The molecule has 1 rings (SSSR count). The Kier molecular flexibility index (Phi) is 7.49. The van der Waals surface area contributed by atoms with E-state index in [1.165, 1.54) is 31.4 Å². The van der Waals surface area contributed by atoms with Crippen molar-refractivity contribution in [2.45, 2.75) is 17.4 Å². The molecule has 1 aromatic rings. The highest BCUT2D eigenvalue weighted by Gasteiger charge is 2.17. The van der Waals surface area contributed by atoms with E-state index in [1.807, 2.05) is 5.32 Å². The summed E-state index contributed by atoms with van der Waals surface area (Å²) < 4.78 is 54.8. The van der Waals surface area contributed by atoms with Gasteiger partial charge in [0.2, 0.25) is 10.0 Å². The Bertz CT molecular complexity index is 607. The van der Waals surface area contributed by atoms with Crippen molar-refractivity contribution in [1.29, 1.82) is 0 Å². The van der Waals surface area contributed by atoms with Gasteiger partial charge in [-0.3, -0.25) is 4.79 Å². The first kappa shape index (κ1) is 19.4. The largest absolute Gasteiger partial charge is 0.389 e. The molecule has 10 heteroatoms. The normalized spacial score (nSPS) is 13.1. The van der Waals surface area contributed by atoms with Gasteiger partial charge in [-0.05, 0) is 24.3 Å². The lowest BCUT2D eigenvalue weighted by atomic mass is 10.2. The van der Waals surface area contributed by atoms with Crippen molar-refractivity contribution < 1.29 is 31.8 Å². The molecule has 0 aliphatic heterocycles. The highest BCUT2D eigenvalue weighted by Crippen LogP contribution is 2.10. The van der Waals surface area contributed by atoms with E-state index >= 15 is 0 Å². The molecule has 0 heterocycles. The number of benzene rings is 1. The molecule has 0 radical (unpaired) electrons. The molecule has 0 aliphatic rings. The van der Waals surface area contributed by atoms with Crippen molar-refractivity contribution in [2.24, 2.45) is 0 Å². The van der Waals surface area contributed by atoms with Crippen LogP contribution in [0.4, 0.5) is 8.78 Å². The lowest BCUT2D eigenvalue weighted by Crippen LogP contribution is -2.34. The van der Waals surface area contributed by atoms with Gasteiger partial charge in [0, 0.05) is 19.2 Å². The van der Waals surface area contributed by atoms with Crippen LogP contribution in [0.25, 0.3) is 0 Å². The van der Waals surface area contributed by atoms with Crippen LogP contribution in [0.2, 0.25) is 0 Å². The molecule has 0 fully saturated rings. The lowest BCUT2D eigenvalue weighted by molar-refractivity contribution is 0.0679. The monoisotopic (exact) mass is 352 g/mol. The average molecular weight is 352 g/mol. The number of hydrogen-bond donors (Lipinski definition) is 3. The maximum atomic E-state index is 12.0. The van der Waals surface area contributed by atoms with Gasteiger partial charge < -0.3 is 15.2 Å². The van der Waals surface area contributed by atoms with Crippen LogP contribution in [0.1, 0.15) is 10.4 Å². The number of aliphatic hydroxyl groups excluding tert-OH is 1. The second-order valence-corrected chi connectivity index (χ2v) is 6.35. The summed E-state index contributed by atoms with van der Waals surface area (Å²) in [6.45, 7) is -1.03. The molecule has 0 bridgehead atoms. The number of hydrogen-bond acceptors (Lipinski definition) is 5. The van der Waals surface area contributed by atoms with Crippen LogP contribution in [-0.2, 0) is 14.8 Å².